The van der Waals surface area contributed by atoms with Gasteiger partial charge in [-0.1, -0.05) is 0 Å². The monoisotopic (exact) mass is 309 g/mol. The molecule has 1 aromatic carbocycles. The normalized spacial score (nSPS) is 23.3. The Bertz CT molecular complexity index is 538. The van der Waals surface area contributed by atoms with E-state index < -0.39 is 0 Å². The number of rotatable bonds is 4. The first-order valence-electron chi connectivity index (χ1n) is 6.90. The van der Waals surface area contributed by atoms with E-state index in [1.54, 1.807) is 33.5 Å². The van der Waals surface area contributed by atoms with Gasteiger partial charge >= 0.3 is 0 Å². The van der Waals surface area contributed by atoms with Crippen LogP contribution in [0.2, 0.25) is 0 Å². The SMILES string of the molecule is COc1cc(C(=O)N2CC3CC2CS3)cc(OC)c1OC. The fraction of sp³-hybridized carbons (Fsp3) is 0.533. The maximum atomic E-state index is 12.7. The van der Waals surface area contributed by atoms with Crippen LogP contribution < -0.4 is 14.2 Å². The standard InChI is InChI=1S/C15H19NO4S/c1-18-12-4-9(5-13(19-2)14(12)20-3)15(17)16-7-11-6-10(16)8-21-11/h4-5,10-11H,6-8H2,1-3H3. The topological polar surface area (TPSA) is 48.0 Å². The van der Waals surface area contributed by atoms with Gasteiger partial charge in [0.15, 0.2) is 11.5 Å². The number of hydrogen-bond donors (Lipinski definition) is 0. The molecule has 1 aromatic rings. The summed E-state index contributed by atoms with van der Waals surface area (Å²) in [6.07, 6.45) is 1.11. The van der Waals surface area contributed by atoms with Gasteiger partial charge in [0.05, 0.1) is 21.3 Å². The second-order valence-corrected chi connectivity index (χ2v) is 6.55. The minimum Gasteiger partial charge on any atom is -0.493 e. The zero-order valence-electron chi connectivity index (χ0n) is 12.4. The van der Waals surface area contributed by atoms with Crippen LogP contribution in [0.15, 0.2) is 12.1 Å². The van der Waals surface area contributed by atoms with E-state index in [2.05, 4.69) is 0 Å². The second-order valence-electron chi connectivity index (χ2n) is 5.22. The molecular weight excluding hydrogens is 290 g/mol. The fourth-order valence-electron chi connectivity index (χ4n) is 3.02. The van der Waals surface area contributed by atoms with E-state index in [9.17, 15) is 4.79 Å². The molecule has 0 N–H and O–H groups in total. The van der Waals surface area contributed by atoms with Crippen molar-refractivity contribution in [2.75, 3.05) is 33.6 Å². The second kappa shape index (κ2) is 5.67. The smallest absolute Gasteiger partial charge is 0.254 e. The first-order chi connectivity index (χ1) is 10.2. The third-order valence-corrected chi connectivity index (χ3v) is 5.46. The zero-order valence-corrected chi connectivity index (χ0v) is 13.2. The van der Waals surface area contributed by atoms with Gasteiger partial charge in [0.1, 0.15) is 0 Å². The van der Waals surface area contributed by atoms with E-state index in [1.807, 2.05) is 16.7 Å². The van der Waals surface area contributed by atoms with E-state index in [-0.39, 0.29) is 5.91 Å². The zero-order chi connectivity index (χ0) is 15.0. The highest BCUT2D eigenvalue weighted by molar-refractivity contribution is 8.00. The van der Waals surface area contributed by atoms with Crippen molar-refractivity contribution in [1.82, 2.24) is 4.90 Å². The molecular formula is C15H19NO4S. The highest BCUT2D eigenvalue weighted by atomic mass is 32.2. The Morgan fingerprint density at radius 2 is 1.86 bits per heavy atom. The molecule has 1 amide bonds. The van der Waals surface area contributed by atoms with Crippen LogP contribution in [-0.2, 0) is 0 Å². The molecule has 0 saturated carbocycles. The molecule has 21 heavy (non-hydrogen) atoms. The van der Waals surface area contributed by atoms with Gasteiger partial charge < -0.3 is 19.1 Å². The van der Waals surface area contributed by atoms with Gasteiger partial charge in [0.25, 0.3) is 5.91 Å². The molecule has 5 nitrogen and oxygen atoms in total. The van der Waals surface area contributed by atoms with Crippen molar-refractivity contribution in [3.8, 4) is 17.2 Å². The molecule has 6 heteroatoms. The number of fused-ring (bicyclic) bond motifs is 2. The third-order valence-electron chi connectivity index (χ3n) is 4.07. The van der Waals surface area contributed by atoms with Gasteiger partial charge in [0.2, 0.25) is 5.75 Å². The highest BCUT2D eigenvalue weighted by Crippen LogP contribution is 2.41. The lowest BCUT2D eigenvalue weighted by Gasteiger charge is -2.27. The van der Waals surface area contributed by atoms with E-state index in [4.69, 9.17) is 14.2 Å². The van der Waals surface area contributed by atoms with Gasteiger partial charge in [0, 0.05) is 29.2 Å². The van der Waals surface area contributed by atoms with Crippen molar-refractivity contribution in [3.63, 3.8) is 0 Å². The molecule has 2 heterocycles. The molecule has 2 fully saturated rings. The summed E-state index contributed by atoms with van der Waals surface area (Å²) in [5, 5.41) is 0.598. The number of methoxy groups -OCH3 is 3. The van der Waals surface area contributed by atoms with Crippen LogP contribution in [0.1, 0.15) is 16.8 Å². The summed E-state index contributed by atoms with van der Waals surface area (Å²) in [6, 6.07) is 3.82. The minimum atomic E-state index is 0.0436. The van der Waals surface area contributed by atoms with Gasteiger partial charge in [-0.25, -0.2) is 0 Å². The van der Waals surface area contributed by atoms with E-state index in [1.165, 1.54) is 0 Å². The van der Waals surface area contributed by atoms with Crippen molar-refractivity contribution in [2.24, 2.45) is 0 Å². The van der Waals surface area contributed by atoms with Gasteiger partial charge in [-0.3, -0.25) is 4.79 Å². The number of benzene rings is 1. The van der Waals surface area contributed by atoms with Crippen LogP contribution in [0.4, 0.5) is 0 Å². The Kier molecular flexibility index (Phi) is 3.89. The lowest BCUT2D eigenvalue weighted by molar-refractivity contribution is 0.0746. The summed E-state index contributed by atoms with van der Waals surface area (Å²) in [5.41, 5.74) is 0.585. The average Bonchev–Trinajstić information content (AvgIpc) is 3.15. The largest absolute Gasteiger partial charge is 0.493 e. The first kappa shape index (κ1) is 14.4. The molecule has 2 atom stereocenters. The number of carbonyl (C=O) groups is 1. The van der Waals surface area contributed by atoms with E-state index in [0.717, 1.165) is 18.7 Å². The fourth-order valence-corrected chi connectivity index (χ4v) is 4.45. The summed E-state index contributed by atoms with van der Waals surface area (Å²) in [5.74, 6) is 2.62. The molecule has 0 spiro atoms. The van der Waals surface area contributed by atoms with Crippen molar-refractivity contribution in [3.05, 3.63) is 17.7 Å². The predicted molar refractivity (Wildman–Crippen MR) is 81.8 cm³/mol. The number of nitrogens with zero attached hydrogens (tertiary/aromatic N) is 1. The molecule has 0 radical (unpaired) electrons. The van der Waals surface area contributed by atoms with Gasteiger partial charge in [-0.15, -0.1) is 0 Å². The summed E-state index contributed by atoms with van der Waals surface area (Å²) >= 11 is 1.97. The summed E-state index contributed by atoms with van der Waals surface area (Å²) in [4.78, 5) is 14.7. The number of ether oxygens (including phenoxy) is 3. The average molecular weight is 309 g/mol. The van der Waals surface area contributed by atoms with Gasteiger partial charge in [-0.2, -0.15) is 11.8 Å². The van der Waals surface area contributed by atoms with Crippen molar-refractivity contribution < 1.29 is 19.0 Å². The molecule has 0 aromatic heterocycles. The van der Waals surface area contributed by atoms with Gasteiger partial charge in [-0.05, 0) is 18.6 Å². The van der Waals surface area contributed by atoms with Crippen LogP contribution in [0.3, 0.4) is 0 Å². The Hall–Kier alpha value is -1.56. The molecule has 2 aliphatic rings. The predicted octanol–water partition coefficient (Wildman–Crippen LogP) is 2.04. The number of likely N-dealkylation sites (tertiary alicyclic amines) is 1. The number of hydrogen-bond acceptors (Lipinski definition) is 5. The molecule has 2 bridgehead atoms. The molecule has 3 rings (SSSR count). The first-order valence-corrected chi connectivity index (χ1v) is 7.95. The van der Waals surface area contributed by atoms with E-state index >= 15 is 0 Å². The Morgan fingerprint density at radius 1 is 1.19 bits per heavy atom. The maximum Gasteiger partial charge on any atom is 0.254 e. The van der Waals surface area contributed by atoms with Crippen molar-refractivity contribution in [1.29, 1.82) is 0 Å². The third kappa shape index (κ3) is 2.41. The van der Waals surface area contributed by atoms with Crippen LogP contribution in [-0.4, -0.2) is 55.7 Å². The Morgan fingerprint density at radius 3 is 2.29 bits per heavy atom. The lowest BCUT2D eigenvalue weighted by atomic mass is 10.1. The van der Waals surface area contributed by atoms with Crippen LogP contribution in [0, 0.1) is 0 Å². The number of thioether (sulfide) groups is 1. The summed E-state index contributed by atoms with van der Waals surface area (Å²) in [6.45, 7) is 0.838. The highest BCUT2D eigenvalue weighted by Gasteiger charge is 2.41. The Balaban J connectivity index is 1.93. The number of carbonyl (C=O) groups excluding carboxylic acids is 1. The van der Waals surface area contributed by atoms with E-state index in [0.29, 0.717) is 34.1 Å². The Labute approximate surface area is 128 Å². The minimum absolute atomic E-state index is 0.0436. The van der Waals surface area contributed by atoms with Crippen LogP contribution in [0.5, 0.6) is 17.2 Å². The van der Waals surface area contributed by atoms with Crippen molar-refractivity contribution >= 4 is 17.7 Å². The summed E-state index contributed by atoms with van der Waals surface area (Å²) in [7, 11) is 4.67. The maximum absolute atomic E-state index is 12.7. The molecule has 2 saturated heterocycles. The molecule has 114 valence electrons. The lowest BCUT2D eigenvalue weighted by Crippen LogP contribution is -2.39. The quantitative estimate of drug-likeness (QED) is 0.852. The molecule has 2 unspecified atom stereocenters. The molecule has 0 aliphatic carbocycles. The molecule has 2 aliphatic heterocycles. The van der Waals surface area contributed by atoms with Crippen LogP contribution in [0.25, 0.3) is 0 Å². The van der Waals surface area contributed by atoms with Crippen LogP contribution >= 0.6 is 11.8 Å². The van der Waals surface area contributed by atoms with Crippen molar-refractivity contribution in [2.45, 2.75) is 17.7 Å². The number of amides is 1. The summed E-state index contributed by atoms with van der Waals surface area (Å²) < 4.78 is 15.9.